The van der Waals surface area contributed by atoms with E-state index in [1.165, 1.54) is 0 Å². The summed E-state index contributed by atoms with van der Waals surface area (Å²) < 4.78 is 26.7. The lowest BCUT2D eigenvalue weighted by molar-refractivity contribution is 0.475. The molecule has 0 radical (unpaired) electrons. The van der Waals surface area contributed by atoms with Crippen molar-refractivity contribution < 1.29 is 8.42 Å². The fourth-order valence-electron chi connectivity index (χ4n) is 2.11. The summed E-state index contributed by atoms with van der Waals surface area (Å²) in [6.07, 6.45) is 2.76. The van der Waals surface area contributed by atoms with Crippen LogP contribution in [0.25, 0.3) is 0 Å². The first-order valence-electron chi connectivity index (χ1n) is 6.96. The summed E-state index contributed by atoms with van der Waals surface area (Å²) >= 11 is 0. The summed E-state index contributed by atoms with van der Waals surface area (Å²) in [4.78, 5) is 0.172. The van der Waals surface area contributed by atoms with Crippen LogP contribution in [0.3, 0.4) is 0 Å². The fourth-order valence-corrected chi connectivity index (χ4v) is 3.50. The largest absolute Gasteiger partial charge is 0.398 e. The zero-order valence-electron chi connectivity index (χ0n) is 12.6. The number of sulfone groups is 1. The number of hydrogen-bond donors (Lipinski definition) is 1. The first kappa shape index (κ1) is 15.6. The van der Waals surface area contributed by atoms with Crippen LogP contribution in [0.4, 0.5) is 5.69 Å². The molecule has 2 N–H and O–H groups in total. The molecule has 6 heteroatoms. The SMILES string of the molecule is CCC(C)n1ccc(CS(=O)(=O)c2ccc(C)cc2N)n1. The van der Waals surface area contributed by atoms with Gasteiger partial charge in [-0.15, -0.1) is 0 Å². The van der Waals surface area contributed by atoms with E-state index < -0.39 is 9.84 Å². The Balaban J connectivity index is 2.27. The maximum atomic E-state index is 12.5. The van der Waals surface area contributed by atoms with Gasteiger partial charge in [0.05, 0.1) is 22.0 Å². The van der Waals surface area contributed by atoms with Crippen LogP contribution in [0.15, 0.2) is 35.4 Å². The van der Waals surface area contributed by atoms with E-state index in [1.54, 1.807) is 28.9 Å². The van der Waals surface area contributed by atoms with Gasteiger partial charge in [-0.25, -0.2) is 8.42 Å². The lowest BCUT2D eigenvalue weighted by Gasteiger charge is -2.09. The lowest BCUT2D eigenvalue weighted by atomic mass is 10.2. The van der Waals surface area contributed by atoms with E-state index in [1.807, 2.05) is 20.0 Å². The number of nitrogens with zero attached hydrogens (tertiary/aromatic N) is 2. The topological polar surface area (TPSA) is 78.0 Å². The highest BCUT2D eigenvalue weighted by atomic mass is 32.2. The van der Waals surface area contributed by atoms with Gasteiger partial charge in [-0.3, -0.25) is 4.68 Å². The Morgan fingerprint density at radius 1 is 1.33 bits per heavy atom. The Kier molecular flexibility index (Phi) is 4.37. The standard InChI is InChI=1S/C15H21N3O2S/c1-4-12(3)18-8-7-13(17-18)10-21(19,20)15-6-5-11(2)9-14(15)16/h5-9,12H,4,10,16H2,1-3H3. The molecule has 1 aromatic carbocycles. The molecule has 1 unspecified atom stereocenters. The normalized spacial score (nSPS) is 13.3. The third-order valence-corrected chi connectivity index (χ3v) is 5.26. The predicted octanol–water partition coefficient (Wildman–Crippen LogP) is 2.72. The van der Waals surface area contributed by atoms with Gasteiger partial charge in [0.2, 0.25) is 0 Å². The minimum absolute atomic E-state index is 0.135. The number of nitrogens with two attached hydrogens (primary N) is 1. The molecular weight excluding hydrogens is 286 g/mol. The molecule has 0 bridgehead atoms. The van der Waals surface area contributed by atoms with Gasteiger partial charge < -0.3 is 5.73 Å². The average Bonchev–Trinajstić information content (AvgIpc) is 2.85. The van der Waals surface area contributed by atoms with Crippen LogP contribution in [0.5, 0.6) is 0 Å². The molecule has 0 aliphatic carbocycles. The third-order valence-electron chi connectivity index (χ3n) is 3.54. The predicted molar refractivity (Wildman–Crippen MR) is 83.7 cm³/mol. The molecular formula is C15H21N3O2S. The highest BCUT2D eigenvalue weighted by Crippen LogP contribution is 2.23. The van der Waals surface area contributed by atoms with Gasteiger partial charge in [-0.05, 0) is 44.0 Å². The Hall–Kier alpha value is -1.82. The molecule has 1 atom stereocenters. The van der Waals surface area contributed by atoms with Crippen molar-refractivity contribution in [2.45, 2.75) is 43.9 Å². The molecule has 0 spiro atoms. The van der Waals surface area contributed by atoms with E-state index in [0.717, 1.165) is 12.0 Å². The summed E-state index contributed by atoms with van der Waals surface area (Å²) in [5, 5.41) is 4.34. The van der Waals surface area contributed by atoms with Crippen LogP contribution in [0, 0.1) is 6.92 Å². The van der Waals surface area contributed by atoms with Gasteiger partial charge in [0.25, 0.3) is 0 Å². The van der Waals surface area contributed by atoms with E-state index >= 15 is 0 Å². The molecule has 0 saturated heterocycles. The van der Waals surface area contributed by atoms with Crippen molar-refractivity contribution in [3.05, 3.63) is 41.7 Å². The molecule has 1 heterocycles. The second-order valence-electron chi connectivity index (χ2n) is 5.34. The lowest BCUT2D eigenvalue weighted by Crippen LogP contribution is -2.10. The second-order valence-corrected chi connectivity index (χ2v) is 7.30. The maximum Gasteiger partial charge on any atom is 0.186 e. The van der Waals surface area contributed by atoms with Crippen LogP contribution in [0.1, 0.15) is 37.6 Å². The van der Waals surface area contributed by atoms with Crippen LogP contribution >= 0.6 is 0 Å². The Labute approximate surface area is 125 Å². The Morgan fingerprint density at radius 2 is 2.05 bits per heavy atom. The zero-order chi connectivity index (χ0) is 15.6. The first-order chi connectivity index (χ1) is 9.83. The quantitative estimate of drug-likeness (QED) is 0.862. The highest BCUT2D eigenvalue weighted by Gasteiger charge is 2.20. The van der Waals surface area contributed by atoms with E-state index in [4.69, 9.17) is 5.73 Å². The number of nitrogen functional groups attached to an aromatic ring is 1. The number of aryl methyl sites for hydroxylation is 1. The smallest absolute Gasteiger partial charge is 0.186 e. The molecule has 0 aliphatic heterocycles. The molecule has 0 aliphatic rings. The molecule has 21 heavy (non-hydrogen) atoms. The van der Waals surface area contributed by atoms with Crippen molar-refractivity contribution in [1.82, 2.24) is 9.78 Å². The van der Waals surface area contributed by atoms with Gasteiger partial charge >= 0.3 is 0 Å². The van der Waals surface area contributed by atoms with Gasteiger partial charge in [-0.2, -0.15) is 5.10 Å². The fraction of sp³-hybridized carbons (Fsp3) is 0.400. The number of aromatic nitrogens is 2. The molecule has 5 nitrogen and oxygen atoms in total. The third kappa shape index (κ3) is 3.44. The monoisotopic (exact) mass is 307 g/mol. The van der Waals surface area contributed by atoms with E-state index in [-0.39, 0.29) is 22.4 Å². The van der Waals surface area contributed by atoms with Crippen LogP contribution in [-0.2, 0) is 15.6 Å². The van der Waals surface area contributed by atoms with Crippen molar-refractivity contribution in [1.29, 1.82) is 0 Å². The second kappa shape index (κ2) is 5.89. The highest BCUT2D eigenvalue weighted by molar-refractivity contribution is 7.90. The number of hydrogen-bond acceptors (Lipinski definition) is 4. The molecule has 0 saturated carbocycles. The van der Waals surface area contributed by atoms with Crippen LogP contribution in [-0.4, -0.2) is 18.2 Å². The summed E-state index contributed by atoms with van der Waals surface area (Å²) in [6.45, 7) is 5.99. The molecule has 0 amide bonds. The average molecular weight is 307 g/mol. The summed E-state index contributed by atoms with van der Waals surface area (Å²) in [7, 11) is -3.48. The van der Waals surface area contributed by atoms with Crippen molar-refractivity contribution >= 4 is 15.5 Å². The summed E-state index contributed by atoms with van der Waals surface area (Å²) in [6, 6.07) is 6.98. The van der Waals surface area contributed by atoms with E-state index in [2.05, 4.69) is 12.0 Å². The molecule has 0 fully saturated rings. The Morgan fingerprint density at radius 3 is 2.67 bits per heavy atom. The molecule has 2 aromatic rings. The van der Waals surface area contributed by atoms with Crippen molar-refractivity contribution in [3.8, 4) is 0 Å². The van der Waals surface area contributed by atoms with E-state index in [9.17, 15) is 8.42 Å². The van der Waals surface area contributed by atoms with Crippen molar-refractivity contribution in [2.75, 3.05) is 5.73 Å². The van der Waals surface area contributed by atoms with Gasteiger partial charge in [0.15, 0.2) is 9.84 Å². The first-order valence-corrected chi connectivity index (χ1v) is 8.61. The van der Waals surface area contributed by atoms with Crippen LogP contribution in [0.2, 0.25) is 0 Å². The number of anilines is 1. The summed E-state index contributed by atoms with van der Waals surface area (Å²) in [5.41, 5.74) is 7.59. The van der Waals surface area contributed by atoms with Crippen molar-refractivity contribution in [3.63, 3.8) is 0 Å². The van der Waals surface area contributed by atoms with Gasteiger partial charge in [0, 0.05) is 12.2 Å². The molecule has 2 rings (SSSR count). The number of benzene rings is 1. The number of rotatable bonds is 5. The van der Waals surface area contributed by atoms with Gasteiger partial charge in [0.1, 0.15) is 0 Å². The zero-order valence-corrected chi connectivity index (χ0v) is 13.4. The maximum absolute atomic E-state index is 12.5. The summed E-state index contributed by atoms with van der Waals surface area (Å²) in [5.74, 6) is -0.135. The minimum atomic E-state index is -3.48. The minimum Gasteiger partial charge on any atom is -0.398 e. The molecule has 114 valence electrons. The van der Waals surface area contributed by atoms with Crippen molar-refractivity contribution in [2.24, 2.45) is 0 Å². The van der Waals surface area contributed by atoms with Gasteiger partial charge in [-0.1, -0.05) is 13.0 Å². The van der Waals surface area contributed by atoms with E-state index in [0.29, 0.717) is 5.69 Å². The Bertz CT molecular complexity index is 735. The van der Waals surface area contributed by atoms with Crippen LogP contribution < -0.4 is 5.73 Å². The molecule has 1 aromatic heterocycles.